The Labute approximate surface area is 134 Å². The highest BCUT2D eigenvalue weighted by molar-refractivity contribution is 7.76. The second-order valence-corrected chi connectivity index (χ2v) is 22.4. The maximum atomic E-state index is 6.26. The van der Waals surface area contributed by atoms with Gasteiger partial charge in [0.05, 0.1) is 0 Å². The van der Waals surface area contributed by atoms with Gasteiger partial charge < -0.3 is 0 Å². The molecular weight excluding hydrogens is 377 g/mol. The van der Waals surface area contributed by atoms with Crippen molar-refractivity contribution in [1.82, 2.24) is 0 Å². The summed E-state index contributed by atoms with van der Waals surface area (Å²) < 4.78 is -0.651. The summed E-state index contributed by atoms with van der Waals surface area (Å²) in [6, 6.07) is -6.13. The molecule has 0 spiro atoms. The van der Waals surface area contributed by atoms with Gasteiger partial charge in [0.2, 0.25) is 0 Å². The van der Waals surface area contributed by atoms with Crippen LogP contribution in [0.4, 0.5) is 0 Å². The summed E-state index contributed by atoms with van der Waals surface area (Å²) in [7, 11) is 0. The number of hydrogen-bond acceptors (Lipinski definition) is 0. The Balaban J connectivity index is 5.22. The van der Waals surface area contributed by atoms with Crippen molar-refractivity contribution >= 4 is 78.5 Å². The SMILES string of the molecule is CCCCC(CCCC)([Si](Cl)(Cl)Cl)[Si](Cl)(Cl)Cl. The van der Waals surface area contributed by atoms with Crippen molar-refractivity contribution in [2.75, 3.05) is 0 Å². The third-order valence-electron chi connectivity index (χ3n) is 3.00. The first-order valence-electron chi connectivity index (χ1n) is 5.76. The molecule has 0 rings (SSSR count). The van der Waals surface area contributed by atoms with Crippen molar-refractivity contribution in [1.29, 1.82) is 0 Å². The zero-order chi connectivity index (χ0) is 13.7. The van der Waals surface area contributed by atoms with Gasteiger partial charge in [-0.1, -0.05) is 39.5 Å². The number of unbranched alkanes of at least 4 members (excludes halogenated alkanes) is 2. The maximum absolute atomic E-state index is 6.26. The van der Waals surface area contributed by atoms with Crippen LogP contribution in [-0.2, 0) is 0 Å². The van der Waals surface area contributed by atoms with Gasteiger partial charge in [0.25, 0.3) is 0 Å². The number of hydrogen-bond donors (Lipinski definition) is 0. The fraction of sp³-hybridized carbons (Fsp3) is 1.00. The molecule has 0 saturated heterocycles. The predicted molar refractivity (Wildman–Crippen MR) is 88.4 cm³/mol. The van der Waals surface area contributed by atoms with E-state index in [1.807, 2.05) is 0 Å². The third kappa shape index (κ3) is 5.22. The molecule has 0 radical (unpaired) electrons. The van der Waals surface area contributed by atoms with Gasteiger partial charge in [-0.05, 0) is 12.8 Å². The topological polar surface area (TPSA) is 0 Å². The quantitative estimate of drug-likeness (QED) is 0.308. The maximum Gasteiger partial charge on any atom is 0.348 e. The van der Waals surface area contributed by atoms with Gasteiger partial charge in [0.15, 0.2) is 0 Å². The fourth-order valence-corrected chi connectivity index (χ4v) is 19.9. The van der Waals surface area contributed by atoms with E-state index in [0.29, 0.717) is 0 Å². The van der Waals surface area contributed by atoms with Crippen LogP contribution in [0.5, 0.6) is 0 Å². The lowest BCUT2D eigenvalue weighted by atomic mass is 10.1. The van der Waals surface area contributed by atoms with Crippen LogP contribution in [0.2, 0.25) is 4.66 Å². The first-order chi connectivity index (χ1) is 7.62. The molecule has 0 bridgehead atoms. The summed E-state index contributed by atoms with van der Waals surface area (Å²) in [5.74, 6) is 0. The Hall–Kier alpha value is 2.17. The highest BCUT2D eigenvalue weighted by atomic mass is 35.8. The van der Waals surface area contributed by atoms with Crippen molar-refractivity contribution in [3.63, 3.8) is 0 Å². The van der Waals surface area contributed by atoms with E-state index in [1.54, 1.807) is 0 Å². The Morgan fingerprint density at radius 1 is 0.706 bits per heavy atom. The molecule has 0 nitrogen and oxygen atoms in total. The van der Waals surface area contributed by atoms with Crippen molar-refractivity contribution < 1.29 is 0 Å². The smallest absolute Gasteiger partial charge is 0.126 e. The molecule has 0 aliphatic carbocycles. The summed E-state index contributed by atoms with van der Waals surface area (Å²) in [6.45, 7) is 4.18. The summed E-state index contributed by atoms with van der Waals surface area (Å²) in [5, 5.41) is 0. The van der Waals surface area contributed by atoms with E-state index in [1.165, 1.54) is 0 Å². The van der Waals surface area contributed by atoms with Crippen molar-refractivity contribution in [2.45, 2.75) is 57.0 Å². The molecule has 0 N–H and O–H groups in total. The lowest BCUT2D eigenvalue weighted by Crippen LogP contribution is -2.47. The molecule has 104 valence electrons. The molecule has 0 aromatic carbocycles. The van der Waals surface area contributed by atoms with Gasteiger partial charge >= 0.3 is 12.0 Å². The van der Waals surface area contributed by atoms with Gasteiger partial charge in [0.1, 0.15) is 0 Å². The summed E-state index contributed by atoms with van der Waals surface area (Å²) in [6.07, 6.45) is 5.33. The Morgan fingerprint density at radius 2 is 1.00 bits per heavy atom. The molecule has 17 heavy (non-hydrogen) atoms. The van der Waals surface area contributed by atoms with Crippen LogP contribution in [0.25, 0.3) is 0 Å². The van der Waals surface area contributed by atoms with E-state index in [9.17, 15) is 0 Å². The van der Waals surface area contributed by atoms with Gasteiger partial charge in [-0.15, -0.1) is 66.5 Å². The number of halogens is 6. The monoisotopic (exact) mass is 392 g/mol. The van der Waals surface area contributed by atoms with E-state index in [0.717, 1.165) is 38.5 Å². The van der Waals surface area contributed by atoms with Gasteiger partial charge in [-0.25, -0.2) is 0 Å². The highest BCUT2D eigenvalue weighted by Crippen LogP contribution is 2.63. The second kappa shape index (κ2) is 7.82. The average Bonchev–Trinajstić information content (AvgIpc) is 2.14. The molecule has 0 aromatic rings. The first kappa shape index (κ1) is 19.2. The molecule has 0 aliphatic heterocycles. The summed E-state index contributed by atoms with van der Waals surface area (Å²) in [5.41, 5.74) is 0. The molecule has 8 heteroatoms. The fourth-order valence-electron chi connectivity index (χ4n) is 1.81. The summed E-state index contributed by atoms with van der Waals surface area (Å²) in [4.78, 5) is 0. The second-order valence-electron chi connectivity index (χ2n) is 4.28. The molecule has 0 aromatic heterocycles. The van der Waals surface area contributed by atoms with Crippen molar-refractivity contribution in [2.24, 2.45) is 0 Å². The van der Waals surface area contributed by atoms with Crippen LogP contribution in [0.1, 0.15) is 52.4 Å². The van der Waals surface area contributed by atoms with Crippen LogP contribution in [-0.4, -0.2) is 12.0 Å². The van der Waals surface area contributed by atoms with Gasteiger partial charge in [-0.3, -0.25) is 0 Å². The minimum Gasteiger partial charge on any atom is -0.126 e. The zero-order valence-electron chi connectivity index (χ0n) is 10.0. The largest absolute Gasteiger partial charge is 0.348 e. The molecule has 0 atom stereocenters. The third-order valence-corrected chi connectivity index (χ3v) is 17.8. The van der Waals surface area contributed by atoms with Gasteiger partial charge in [0, 0.05) is 4.66 Å². The van der Waals surface area contributed by atoms with E-state index in [-0.39, 0.29) is 0 Å². The van der Waals surface area contributed by atoms with Gasteiger partial charge in [-0.2, -0.15) is 0 Å². The minimum absolute atomic E-state index is 0.651. The minimum atomic E-state index is -3.06. The lowest BCUT2D eigenvalue weighted by Gasteiger charge is -2.42. The lowest BCUT2D eigenvalue weighted by molar-refractivity contribution is 0.548. The molecule has 0 fully saturated rings. The normalized spacial score (nSPS) is 14.1. The van der Waals surface area contributed by atoms with E-state index in [2.05, 4.69) is 13.8 Å². The highest BCUT2D eigenvalue weighted by Gasteiger charge is 2.63. The summed E-state index contributed by atoms with van der Waals surface area (Å²) >= 11 is 37.6. The standard InChI is InChI=1S/C9H18Cl6Si2/c1-3-5-7-9(8-6-4-2,16(10,11)12)17(13,14)15/h3-8H2,1-2H3. The first-order valence-corrected chi connectivity index (χ1v) is 15.8. The molecule has 0 amide bonds. The van der Waals surface area contributed by atoms with E-state index in [4.69, 9.17) is 66.5 Å². The van der Waals surface area contributed by atoms with Crippen LogP contribution >= 0.6 is 66.5 Å². The van der Waals surface area contributed by atoms with E-state index < -0.39 is 16.7 Å². The van der Waals surface area contributed by atoms with Crippen LogP contribution in [0.3, 0.4) is 0 Å². The van der Waals surface area contributed by atoms with E-state index >= 15 is 0 Å². The van der Waals surface area contributed by atoms with Crippen LogP contribution in [0, 0.1) is 0 Å². The Bertz CT molecular complexity index is 199. The van der Waals surface area contributed by atoms with Crippen LogP contribution < -0.4 is 0 Å². The zero-order valence-corrected chi connectivity index (χ0v) is 16.5. The molecular formula is C9H18Cl6Si2. The Morgan fingerprint density at radius 3 is 1.18 bits per heavy atom. The molecule has 0 heterocycles. The predicted octanol–water partition coefficient (Wildman–Crippen LogP) is 6.96. The molecule has 0 aliphatic rings. The average molecular weight is 395 g/mol. The molecule has 0 saturated carbocycles. The Kier molecular flexibility index (Phi) is 8.82. The van der Waals surface area contributed by atoms with Crippen LogP contribution in [0.15, 0.2) is 0 Å². The molecule has 0 unspecified atom stereocenters. The van der Waals surface area contributed by atoms with Crippen molar-refractivity contribution in [3.05, 3.63) is 0 Å². The van der Waals surface area contributed by atoms with Crippen molar-refractivity contribution in [3.8, 4) is 0 Å². The number of rotatable bonds is 8.